The molecule has 1 aromatic carbocycles. The fourth-order valence-corrected chi connectivity index (χ4v) is 2.68. The van der Waals surface area contributed by atoms with Crippen LogP contribution < -0.4 is 5.43 Å². The number of aromatic hydroxyl groups is 1. The van der Waals surface area contributed by atoms with Crippen LogP contribution in [0.4, 0.5) is 4.39 Å². The van der Waals surface area contributed by atoms with Gasteiger partial charge in [-0.2, -0.15) is 0 Å². The number of rotatable bonds is 3. The van der Waals surface area contributed by atoms with Crippen molar-refractivity contribution >= 4 is 11.9 Å². The van der Waals surface area contributed by atoms with Crippen molar-refractivity contribution in [1.29, 1.82) is 0 Å². The Hall–Kier alpha value is -3.20. The molecule has 0 saturated heterocycles. The van der Waals surface area contributed by atoms with E-state index in [0.29, 0.717) is 5.56 Å². The van der Waals surface area contributed by atoms with Gasteiger partial charge in [-0.05, 0) is 17.7 Å². The molecule has 1 aromatic heterocycles. The number of carbonyl (C=O) groups is 2. The van der Waals surface area contributed by atoms with Gasteiger partial charge >= 0.3 is 5.97 Å². The van der Waals surface area contributed by atoms with E-state index >= 15 is 0 Å². The molecule has 0 saturated carbocycles. The molecule has 1 amide bonds. The Morgan fingerprint density at radius 1 is 1.24 bits per heavy atom. The molecule has 0 spiro atoms. The number of aromatic nitrogens is 1. The molecule has 3 N–H and O–H groups in total. The Morgan fingerprint density at radius 3 is 2.48 bits per heavy atom. The maximum absolute atomic E-state index is 13.0. The van der Waals surface area contributed by atoms with Crippen LogP contribution in [0.2, 0.25) is 0 Å². The molecule has 1 unspecified atom stereocenters. The molecule has 1 aliphatic rings. The average Bonchev–Trinajstić information content (AvgIpc) is 2.56. The average molecular weight is 348 g/mol. The molecule has 0 bridgehead atoms. The first-order valence-electron chi connectivity index (χ1n) is 7.22. The van der Waals surface area contributed by atoms with Gasteiger partial charge in [0.1, 0.15) is 17.6 Å². The number of amides is 1. The number of fused-ring (bicyclic) bond motifs is 1. The number of hydrogen-bond acceptors (Lipinski definition) is 5. The van der Waals surface area contributed by atoms with Crippen molar-refractivity contribution < 1.29 is 29.3 Å². The minimum Gasteiger partial charge on any atom is -0.503 e. The van der Waals surface area contributed by atoms with Crippen LogP contribution in [0.25, 0.3) is 0 Å². The molecule has 130 valence electrons. The molecule has 25 heavy (non-hydrogen) atoms. The molecular weight excluding hydrogens is 335 g/mol. The molecule has 2 heterocycles. The number of nitrogens with zero attached hydrogens (tertiary/aromatic N) is 2. The summed E-state index contributed by atoms with van der Waals surface area (Å²) in [5.41, 5.74) is -1.74. The predicted octanol–water partition coefficient (Wildman–Crippen LogP) is 0.366. The first-order valence-corrected chi connectivity index (χ1v) is 7.22. The van der Waals surface area contributed by atoms with E-state index in [0.717, 1.165) is 15.7 Å². The summed E-state index contributed by atoms with van der Waals surface area (Å²) in [7, 11) is 0. The topological polar surface area (TPSA) is 120 Å². The summed E-state index contributed by atoms with van der Waals surface area (Å²) < 4.78 is 14.0. The third-order valence-corrected chi connectivity index (χ3v) is 3.94. The van der Waals surface area contributed by atoms with Crippen LogP contribution in [0, 0.1) is 5.82 Å². The normalized spacial score (nSPS) is 16.6. The van der Waals surface area contributed by atoms with Crippen molar-refractivity contribution in [3.05, 3.63) is 63.3 Å². The van der Waals surface area contributed by atoms with Gasteiger partial charge in [0.25, 0.3) is 5.91 Å². The molecular formula is C16H13FN2O6. The van der Waals surface area contributed by atoms with Gasteiger partial charge in [-0.1, -0.05) is 12.1 Å². The van der Waals surface area contributed by atoms with Crippen molar-refractivity contribution in [3.8, 4) is 5.75 Å². The lowest BCUT2D eigenvalue weighted by molar-refractivity contribution is -0.0163. The number of pyridine rings is 1. The summed E-state index contributed by atoms with van der Waals surface area (Å²) in [6.07, 6.45) is -0.399. The highest BCUT2D eigenvalue weighted by molar-refractivity contribution is 5.97. The molecule has 0 fully saturated rings. The van der Waals surface area contributed by atoms with Gasteiger partial charge in [0, 0.05) is 12.7 Å². The van der Waals surface area contributed by atoms with Crippen molar-refractivity contribution in [2.75, 3.05) is 0 Å². The highest BCUT2D eigenvalue weighted by Crippen LogP contribution is 2.24. The molecule has 1 aliphatic heterocycles. The number of carboxylic acids is 1. The summed E-state index contributed by atoms with van der Waals surface area (Å²) in [5.74, 6) is -3.83. The minimum absolute atomic E-state index is 0.0748. The van der Waals surface area contributed by atoms with E-state index in [-0.39, 0.29) is 13.1 Å². The van der Waals surface area contributed by atoms with E-state index in [1.54, 1.807) is 0 Å². The van der Waals surface area contributed by atoms with Gasteiger partial charge < -0.3 is 24.8 Å². The molecule has 2 aromatic rings. The zero-order valence-corrected chi connectivity index (χ0v) is 12.7. The quantitative estimate of drug-likeness (QED) is 0.737. The molecule has 0 aliphatic carbocycles. The van der Waals surface area contributed by atoms with Crippen molar-refractivity contribution in [2.45, 2.75) is 19.3 Å². The monoisotopic (exact) mass is 348 g/mol. The van der Waals surface area contributed by atoms with Crippen LogP contribution in [-0.2, 0) is 13.1 Å². The zero-order chi connectivity index (χ0) is 18.3. The molecule has 1 atom stereocenters. The van der Waals surface area contributed by atoms with Gasteiger partial charge in [-0.15, -0.1) is 0 Å². The van der Waals surface area contributed by atoms with Gasteiger partial charge in [-0.25, -0.2) is 9.18 Å². The first kappa shape index (κ1) is 16.7. The first-order chi connectivity index (χ1) is 11.8. The zero-order valence-electron chi connectivity index (χ0n) is 12.7. The smallest absolute Gasteiger partial charge is 0.341 e. The van der Waals surface area contributed by atoms with E-state index in [1.807, 2.05) is 0 Å². The highest BCUT2D eigenvalue weighted by Gasteiger charge is 2.35. The van der Waals surface area contributed by atoms with E-state index in [4.69, 9.17) is 5.11 Å². The van der Waals surface area contributed by atoms with Gasteiger partial charge in [0.05, 0.1) is 6.54 Å². The van der Waals surface area contributed by atoms with E-state index in [2.05, 4.69) is 0 Å². The Balaban J connectivity index is 2.02. The second kappa shape index (κ2) is 6.02. The standard InChI is InChI=1S/C16H13FN2O6/c17-9-3-1-8(2-4-9)5-19-11(20)7-18-6-10(16(24)25)13(21)14(22)12(18)15(19)23/h1-4,6,11,20,22H,5,7H2,(H,24,25). The van der Waals surface area contributed by atoms with Crippen LogP contribution >= 0.6 is 0 Å². The number of aliphatic hydroxyl groups excluding tert-OH is 1. The third kappa shape index (κ3) is 2.85. The van der Waals surface area contributed by atoms with E-state index < -0.39 is 46.4 Å². The third-order valence-electron chi connectivity index (χ3n) is 3.94. The maximum atomic E-state index is 13.0. The molecule has 9 heteroatoms. The Labute approximate surface area is 140 Å². The summed E-state index contributed by atoms with van der Waals surface area (Å²) in [5, 5.41) is 29.1. The van der Waals surface area contributed by atoms with Crippen LogP contribution in [0.5, 0.6) is 5.75 Å². The number of benzene rings is 1. The lowest BCUT2D eigenvalue weighted by Crippen LogP contribution is -2.48. The Morgan fingerprint density at radius 2 is 1.88 bits per heavy atom. The fraction of sp³-hybridized carbons (Fsp3) is 0.188. The largest absolute Gasteiger partial charge is 0.503 e. The second-order valence-corrected chi connectivity index (χ2v) is 5.57. The summed E-state index contributed by atoms with van der Waals surface area (Å²) in [4.78, 5) is 36.5. The lowest BCUT2D eigenvalue weighted by Gasteiger charge is -2.34. The van der Waals surface area contributed by atoms with Crippen molar-refractivity contribution in [2.24, 2.45) is 0 Å². The van der Waals surface area contributed by atoms with Crippen LogP contribution in [-0.4, -0.2) is 42.9 Å². The van der Waals surface area contributed by atoms with Gasteiger partial charge in [0.2, 0.25) is 5.43 Å². The summed E-state index contributed by atoms with van der Waals surface area (Å²) >= 11 is 0. The highest BCUT2D eigenvalue weighted by atomic mass is 19.1. The maximum Gasteiger partial charge on any atom is 0.341 e. The van der Waals surface area contributed by atoms with E-state index in [9.17, 15) is 29.0 Å². The fourth-order valence-electron chi connectivity index (χ4n) is 2.68. The predicted molar refractivity (Wildman–Crippen MR) is 81.6 cm³/mol. The summed E-state index contributed by atoms with van der Waals surface area (Å²) in [6.45, 7) is -0.301. The van der Waals surface area contributed by atoms with E-state index in [1.165, 1.54) is 24.3 Å². The number of hydrogen-bond donors (Lipinski definition) is 3. The van der Waals surface area contributed by atoms with Crippen molar-refractivity contribution in [3.63, 3.8) is 0 Å². The lowest BCUT2D eigenvalue weighted by atomic mass is 10.1. The van der Waals surface area contributed by atoms with Crippen LogP contribution in [0.3, 0.4) is 0 Å². The van der Waals surface area contributed by atoms with Crippen molar-refractivity contribution in [1.82, 2.24) is 9.47 Å². The number of aromatic carboxylic acids is 1. The molecule has 0 radical (unpaired) electrons. The molecule has 8 nitrogen and oxygen atoms in total. The summed E-state index contributed by atoms with van der Waals surface area (Å²) in [6, 6.07) is 5.27. The van der Waals surface area contributed by atoms with Crippen LogP contribution in [0.1, 0.15) is 26.4 Å². The van der Waals surface area contributed by atoms with Gasteiger partial charge in [-0.3, -0.25) is 9.59 Å². The minimum atomic E-state index is -1.55. The number of carboxylic acid groups (broad SMARTS) is 1. The SMILES string of the molecule is O=C(O)c1cn2c(c(O)c1=O)C(=O)N(Cc1ccc(F)cc1)C(O)C2. The Kier molecular flexibility index (Phi) is 4.01. The number of aliphatic hydroxyl groups is 1. The molecule has 3 rings (SSSR count). The van der Waals surface area contributed by atoms with Crippen LogP contribution in [0.15, 0.2) is 35.3 Å². The number of halogens is 1. The Bertz CT molecular complexity index is 921. The number of carbonyl (C=O) groups excluding carboxylic acids is 1. The van der Waals surface area contributed by atoms with Gasteiger partial charge in [0.15, 0.2) is 11.4 Å². The second-order valence-electron chi connectivity index (χ2n) is 5.57.